The molecule has 16 heavy (non-hydrogen) atoms. The van der Waals surface area contributed by atoms with Gasteiger partial charge in [0, 0.05) is 15.8 Å². The van der Waals surface area contributed by atoms with Crippen molar-refractivity contribution in [3.63, 3.8) is 0 Å². The molecule has 0 radical (unpaired) electrons. The maximum Gasteiger partial charge on any atom is 0.267 e. The molecule has 0 aliphatic rings. The van der Waals surface area contributed by atoms with E-state index in [4.69, 9.17) is 5.73 Å². The minimum absolute atomic E-state index is 0.336. The number of thiophene rings is 1. The SMILES string of the molecule is Cc1ccc(/C=C/C(=O)NOCC(N)=O)s1. The van der Waals surface area contributed by atoms with E-state index in [1.165, 1.54) is 11.0 Å². The van der Waals surface area contributed by atoms with Crippen LogP contribution in [0.5, 0.6) is 0 Å². The van der Waals surface area contributed by atoms with Gasteiger partial charge in [0.25, 0.3) is 5.91 Å². The molecule has 6 heteroatoms. The molecule has 0 atom stereocenters. The normalized spacial score (nSPS) is 10.6. The second kappa shape index (κ2) is 6.04. The van der Waals surface area contributed by atoms with E-state index in [-0.39, 0.29) is 6.61 Å². The Kier molecular flexibility index (Phi) is 4.68. The van der Waals surface area contributed by atoms with Gasteiger partial charge in [0.05, 0.1) is 0 Å². The summed E-state index contributed by atoms with van der Waals surface area (Å²) in [5.74, 6) is -1.08. The monoisotopic (exact) mass is 240 g/mol. The number of amides is 2. The molecule has 1 aromatic heterocycles. The van der Waals surface area contributed by atoms with Gasteiger partial charge in [0.15, 0.2) is 6.61 Å². The van der Waals surface area contributed by atoms with Crippen molar-refractivity contribution in [3.8, 4) is 0 Å². The van der Waals surface area contributed by atoms with Crippen LogP contribution >= 0.6 is 11.3 Å². The molecule has 0 spiro atoms. The van der Waals surface area contributed by atoms with Gasteiger partial charge in [-0.25, -0.2) is 5.48 Å². The van der Waals surface area contributed by atoms with Crippen molar-refractivity contribution in [2.45, 2.75) is 6.92 Å². The van der Waals surface area contributed by atoms with Gasteiger partial charge in [-0.3, -0.25) is 14.4 Å². The Morgan fingerprint density at radius 3 is 2.88 bits per heavy atom. The van der Waals surface area contributed by atoms with Gasteiger partial charge in [-0.15, -0.1) is 11.3 Å². The molecule has 0 fully saturated rings. The molecule has 0 bridgehead atoms. The fraction of sp³-hybridized carbons (Fsp3) is 0.200. The zero-order valence-corrected chi connectivity index (χ0v) is 9.54. The van der Waals surface area contributed by atoms with Crippen LogP contribution in [0.1, 0.15) is 9.75 Å². The number of nitrogens with one attached hydrogen (secondary N) is 1. The van der Waals surface area contributed by atoms with E-state index in [1.54, 1.807) is 17.4 Å². The summed E-state index contributed by atoms with van der Waals surface area (Å²) >= 11 is 1.58. The highest BCUT2D eigenvalue weighted by Crippen LogP contribution is 2.16. The van der Waals surface area contributed by atoms with Crippen LogP contribution in [-0.4, -0.2) is 18.4 Å². The molecule has 1 rings (SSSR count). The van der Waals surface area contributed by atoms with E-state index >= 15 is 0 Å². The minimum atomic E-state index is -0.641. The van der Waals surface area contributed by atoms with E-state index in [9.17, 15) is 9.59 Å². The summed E-state index contributed by atoms with van der Waals surface area (Å²) in [7, 11) is 0. The molecule has 0 unspecified atom stereocenters. The Bertz CT molecular complexity index is 412. The van der Waals surface area contributed by atoms with Gasteiger partial charge in [-0.2, -0.15) is 0 Å². The van der Waals surface area contributed by atoms with Gasteiger partial charge >= 0.3 is 0 Å². The summed E-state index contributed by atoms with van der Waals surface area (Å²) in [6.07, 6.45) is 2.99. The number of primary amides is 1. The summed E-state index contributed by atoms with van der Waals surface area (Å²) in [4.78, 5) is 28.1. The molecular formula is C10H12N2O3S. The van der Waals surface area contributed by atoms with Crippen molar-refractivity contribution in [2.75, 3.05) is 6.61 Å². The Morgan fingerprint density at radius 1 is 1.56 bits per heavy atom. The van der Waals surface area contributed by atoms with Crippen molar-refractivity contribution in [3.05, 3.63) is 28.0 Å². The first-order valence-corrected chi connectivity index (χ1v) is 5.34. The summed E-state index contributed by atoms with van der Waals surface area (Å²) in [6, 6.07) is 3.87. The molecule has 2 amide bonds. The average molecular weight is 240 g/mol. The Hall–Kier alpha value is -1.66. The van der Waals surface area contributed by atoms with Gasteiger partial charge in [0.2, 0.25) is 5.91 Å². The minimum Gasteiger partial charge on any atom is -0.368 e. The first-order chi connectivity index (χ1) is 7.58. The topological polar surface area (TPSA) is 81.4 Å². The zero-order valence-electron chi connectivity index (χ0n) is 8.73. The lowest BCUT2D eigenvalue weighted by atomic mass is 10.4. The molecule has 3 N–H and O–H groups in total. The molecule has 1 heterocycles. The van der Waals surface area contributed by atoms with Crippen molar-refractivity contribution in [1.29, 1.82) is 0 Å². The Labute approximate surface area is 96.9 Å². The van der Waals surface area contributed by atoms with Crippen LogP contribution < -0.4 is 11.2 Å². The van der Waals surface area contributed by atoms with Crippen LogP contribution in [-0.2, 0) is 14.4 Å². The van der Waals surface area contributed by atoms with Crippen LogP contribution in [0.25, 0.3) is 6.08 Å². The fourth-order valence-electron chi connectivity index (χ4n) is 0.913. The Morgan fingerprint density at radius 2 is 2.31 bits per heavy atom. The number of carbonyl (C=O) groups excluding carboxylic acids is 2. The molecule has 0 saturated carbocycles. The molecule has 0 saturated heterocycles. The highest BCUT2D eigenvalue weighted by Gasteiger charge is 1.98. The summed E-state index contributed by atoms with van der Waals surface area (Å²) in [5, 5.41) is 0. The summed E-state index contributed by atoms with van der Waals surface area (Å²) in [5.41, 5.74) is 6.88. The van der Waals surface area contributed by atoms with Crippen molar-refractivity contribution in [1.82, 2.24) is 5.48 Å². The van der Waals surface area contributed by atoms with Gasteiger partial charge < -0.3 is 5.73 Å². The lowest BCUT2D eigenvalue weighted by Crippen LogP contribution is -2.28. The van der Waals surface area contributed by atoms with E-state index in [1.807, 2.05) is 19.1 Å². The lowest BCUT2D eigenvalue weighted by molar-refractivity contribution is -0.134. The summed E-state index contributed by atoms with van der Waals surface area (Å²) in [6.45, 7) is 1.65. The van der Waals surface area contributed by atoms with Crippen LogP contribution in [0, 0.1) is 6.92 Å². The third-order valence-corrected chi connectivity index (χ3v) is 2.51. The third-order valence-electron chi connectivity index (χ3n) is 1.55. The standard InChI is InChI=1S/C10H12N2O3S/c1-7-2-3-8(16-7)4-5-10(14)12-15-6-9(11)13/h2-5H,6H2,1H3,(H2,11,13)(H,12,14)/b5-4+. The fourth-order valence-corrected chi connectivity index (χ4v) is 1.69. The van der Waals surface area contributed by atoms with Crippen molar-refractivity contribution >= 4 is 29.2 Å². The van der Waals surface area contributed by atoms with Gasteiger partial charge in [0.1, 0.15) is 0 Å². The number of rotatable bonds is 5. The van der Waals surface area contributed by atoms with Crippen molar-refractivity contribution < 1.29 is 14.4 Å². The van der Waals surface area contributed by atoms with Gasteiger partial charge in [-0.05, 0) is 25.1 Å². The molecule has 5 nitrogen and oxygen atoms in total. The lowest BCUT2D eigenvalue weighted by Gasteiger charge is -1.99. The number of carbonyl (C=O) groups is 2. The average Bonchev–Trinajstić information content (AvgIpc) is 2.61. The highest BCUT2D eigenvalue weighted by atomic mass is 32.1. The van der Waals surface area contributed by atoms with E-state index in [0.717, 1.165) is 4.88 Å². The maximum absolute atomic E-state index is 11.1. The molecule has 1 aromatic rings. The number of hydrogen-bond acceptors (Lipinski definition) is 4. The maximum atomic E-state index is 11.1. The molecular weight excluding hydrogens is 228 g/mol. The molecule has 86 valence electrons. The van der Waals surface area contributed by atoms with Crippen LogP contribution in [0.2, 0.25) is 0 Å². The Balaban J connectivity index is 2.34. The van der Waals surface area contributed by atoms with E-state index in [0.29, 0.717) is 0 Å². The number of nitrogens with two attached hydrogens (primary N) is 1. The summed E-state index contributed by atoms with van der Waals surface area (Å²) < 4.78 is 0. The van der Waals surface area contributed by atoms with E-state index < -0.39 is 11.8 Å². The molecule has 0 aliphatic heterocycles. The predicted molar refractivity (Wildman–Crippen MR) is 61.4 cm³/mol. The van der Waals surface area contributed by atoms with Crippen LogP contribution in [0.4, 0.5) is 0 Å². The first-order valence-electron chi connectivity index (χ1n) is 4.52. The smallest absolute Gasteiger partial charge is 0.267 e. The first kappa shape index (κ1) is 12.4. The van der Waals surface area contributed by atoms with E-state index in [2.05, 4.69) is 10.3 Å². The zero-order chi connectivity index (χ0) is 12.0. The third kappa shape index (κ3) is 4.72. The quantitative estimate of drug-likeness (QED) is 0.584. The van der Waals surface area contributed by atoms with Gasteiger partial charge in [-0.1, -0.05) is 0 Å². The van der Waals surface area contributed by atoms with Crippen LogP contribution in [0.3, 0.4) is 0 Å². The second-order valence-electron chi connectivity index (χ2n) is 3.00. The molecule has 0 aliphatic carbocycles. The predicted octanol–water partition coefficient (Wildman–Crippen LogP) is 0.603. The largest absolute Gasteiger partial charge is 0.368 e. The number of aryl methyl sites for hydroxylation is 1. The van der Waals surface area contributed by atoms with Crippen molar-refractivity contribution in [2.24, 2.45) is 5.73 Å². The second-order valence-corrected chi connectivity index (χ2v) is 4.32. The molecule has 0 aromatic carbocycles. The van der Waals surface area contributed by atoms with Crippen LogP contribution in [0.15, 0.2) is 18.2 Å². The number of hydrogen-bond donors (Lipinski definition) is 2. The number of hydroxylamine groups is 1. The highest BCUT2D eigenvalue weighted by molar-refractivity contribution is 7.12.